The summed E-state index contributed by atoms with van der Waals surface area (Å²) < 4.78 is 12.1. The Balaban J connectivity index is 1.88. The second kappa shape index (κ2) is 9.01. The number of hydrogen-bond acceptors (Lipinski definition) is 6. The van der Waals surface area contributed by atoms with Gasteiger partial charge in [0.2, 0.25) is 0 Å². The Kier molecular flexibility index (Phi) is 6.46. The summed E-state index contributed by atoms with van der Waals surface area (Å²) >= 11 is 1.41. The van der Waals surface area contributed by atoms with Crippen LogP contribution in [0.1, 0.15) is 27.2 Å². The maximum atomic E-state index is 13.0. The van der Waals surface area contributed by atoms with Gasteiger partial charge in [-0.3, -0.25) is 14.2 Å². The van der Waals surface area contributed by atoms with Crippen molar-refractivity contribution in [3.8, 4) is 16.9 Å². The van der Waals surface area contributed by atoms with Gasteiger partial charge >= 0.3 is 5.97 Å². The van der Waals surface area contributed by atoms with Crippen LogP contribution in [0.4, 0.5) is 0 Å². The van der Waals surface area contributed by atoms with Gasteiger partial charge in [0.1, 0.15) is 17.1 Å². The van der Waals surface area contributed by atoms with E-state index in [0.29, 0.717) is 23.4 Å². The Morgan fingerprint density at radius 2 is 2.00 bits per heavy atom. The van der Waals surface area contributed by atoms with Crippen molar-refractivity contribution in [1.82, 2.24) is 9.55 Å². The molecule has 0 saturated carbocycles. The minimum atomic E-state index is -0.439. The molecule has 148 valence electrons. The second-order valence-electron chi connectivity index (χ2n) is 6.96. The molecule has 0 unspecified atom stereocenters. The van der Waals surface area contributed by atoms with Gasteiger partial charge in [-0.25, -0.2) is 4.98 Å². The lowest BCUT2D eigenvalue weighted by Crippen LogP contribution is -2.26. The van der Waals surface area contributed by atoms with E-state index in [1.165, 1.54) is 22.2 Å². The van der Waals surface area contributed by atoms with E-state index in [-0.39, 0.29) is 18.0 Å². The summed E-state index contributed by atoms with van der Waals surface area (Å²) in [7, 11) is 0. The summed E-state index contributed by atoms with van der Waals surface area (Å²) in [5.41, 5.74) is 1.48. The maximum Gasteiger partial charge on any atom is 0.326 e. The average Bonchev–Trinajstić information content (AvgIpc) is 3.12. The molecule has 0 aliphatic heterocycles. The molecular formula is C21H24N2O4S. The molecule has 3 rings (SSSR count). The standard InChI is InChI=1S/C21H24N2O4S/c1-4-9-26-16-7-5-15(6-8-16)17-12-28-20-19(17)21(25)23(13-22-20)10-18(24)27-11-14(2)3/h5-8,12-14H,4,9-11H2,1-3H3. The van der Waals surface area contributed by atoms with E-state index in [1.807, 2.05) is 43.5 Å². The summed E-state index contributed by atoms with van der Waals surface area (Å²) in [6, 6.07) is 7.65. The number of carbonyl (C=O) groups is 1. The molecule has 0 saturated heterocycles. The molecule has 0 radical (unpaired) electrons. The second-order valence-corrected chi connectivity index (χ2v) is 7.81. The summed E-state index contributed by atoms with van der Waals surface area (Å²) in [6.07, 6.45) is 2.35. The highest BCUT2D eigenvalue weighted by Gasteiger charge is 2.15. The van der Waals surface area contributed by atoms with Crippen LogP contribution in [-0.2, 0) is 16.1 Å². The van der Waals surface area contributed by atoms with E-state index in [2.05, 4.69) is 11.9 Å². The molecule has 2 heterocycles. The first-order chi connectivity index (χ1) is 13.5. The van der Waals surface area contributed by atoms with Gasteiger partial charge in [0.25, 0.3) is 5.56 Å². The third-order valence-corrected chi connectivity index (χ3v) is 4.96. The van der Waals surface area contributed by atoms with Crippen LogP contribution < -0.4 is 10.3 Å². The minimum absolute atomic E-state index is 0.145. The van der Waals surface area contributed by atoms with E-state index < -0.39 is 5.97 Å². The van der Waals surface area contributed by atoms with Crippen LogP contribution in [-0.4, -0.2) is 28.7 Å². The van der Waals surface area contributed by atoms with E-state index in [0.717, 1.165) is 23.3 Å². The van der Waals surface area contributed by atoms with Crippen LogP contribution in [0.15, 0.2) is 40.8 Å². The molecule has 7 heteroatoms. The molecule has 0 fully saturated rings. The van der Waals surface area contributed by atoms with Crippen molar-refractivity contribution in [2.45, 2.75) is 33.7 Å². The van der Waals surface area contributed by atoms with Gasteiger partial charge in [0.15, 0.2) is 0 Å². The topological polar surface area (TPSA) is 70.4 Å². The zero-order chi connectivity index (χ0) is 20.1. The lowest BCUT2D eigenvalue weighted by molar-refractivity contribution is -0.145. The molecule has 6 nitrogen and oxygen atoms in total. The molecule has 0 atom stereocenters. The SMILES string of the molecule is CCCOc1ccc(-c2csc3ncn(CC(=O)OCC(C)C)c(=O)c23)cc1. The highest BCUT2D eigenvalue weighted by Crippen LogP contribution is 2.31. The van der Waals surface area contributed by atoms with Crippen molar-refractivity contribution in [3.05, 3.63) is 46.3 Å². The Morgan fingerprint density at radius 1 is 1.25 bits per heavy atom. The monoisotopic (exact) mass is 400 g/mol. The predicted molar refractivity (Wildman–Crippen MR) is 111 cm³/mol. The first-order valence-electron chi connectivity index (χ1n) is 9.35. The summed E-state index contributed by atoms with van der Waals surface area (Å²) in [5, 5.41) is 2.44. The molecule has 0 aliphatic rings. The summed E-state index contributed by atoms with van der Waals surface area (Å²) in [6.45, 7) is 6.84. The van der Waals surface area contributed by atoms with Crippen molar-refractivity contribution in [2.24, 2.45) is 5.92 Å². The van der Waals surface area contributed by atoms with Gasteiger partial charge in [-0.2, -0.15) is 0 Å². The van der Waals surface area contributed by atoms with E-state index in [1.54, 1.807) is 0 Å². The zero-order valence-corrected chi connectivity index (χ0v) is 17.1. The number of esters is 1. The van der Waals surface area contributed by atoms with Crippen LogP contribution in [0.5, 0.6) is 5.75 Å². The van der Waals surface area contributed by atoms with Crippen LogP contribution in [0.2, 0.25) is 0 Å². The third-order valence-electron chi connectivity index (χ3n) is 4.08. The lowest BCUT2D eigenvalue weighted by Gasteiger charge is -2.09. The Labute approximate surface area is 167 Å². The number of hydrogen-bond donors (Lipinski definition) is 0. The van der Waals surface area contributed by atoms with Crippen LogP contribution in [0.25, 0.3) is 21.3 Å². The van der Waals surface area contributed by atoms with E-state index in [9.17, 15) is 9.59 Å². The van der Waals surface area contributed by atoms with Crippen molar-refractivity contribution < 1.29 is 14.3 Å². The summed E-state index contributed by atoms with van der Waals surface area (Å²) in [5.74, 6) is 0.605. The maximum absolute atomic E-state index is 13.0. The molecular weight excluding hydrogens is 376 g/mol. The first-order valence-corrected chi connectivity index (χ1v) is 10.2. The fourth-order valence-electron chi connectivity index (χ4n) is 2.69. The number of aromatic nitrogens is 2. The van der Waals surface area contributed by atoms with Gasteiger partial charge in [-0.1, -0.05) is 32.9 Å². The fourth-order valence-corrected chi connectivity index (χ4v) is 3.59. The van der Waals surface area contributed by atoms with Crippen molar-refractivity contribution in [1.29, 1.82) is 0 Å². The Morgan fingerprint density at radius 3 is 2.68 bits per heavy atom. The number of nitrogens with zero attached hydrogens (tertiary/aromatic N) is 2. The minimum Gasteiger partial charge on any atom is -0.494 e. The number of thiophene rings is 1. The summed E-state index contributed by atoms with van der Waals surface area (Å²) in [4.78, 5) is 30.0. The number of ether oxygens (including phenoxy) is 2. The molecule has 0 spiro atoms. The first kappa shape index (κ1) is 20.1. The largest absolute Gasteiger partial charge is 0.494 e. The van der Waals surface area contributed by atoms with Crippen LogP contribution in [0, 0.1) is 5.92 Å². The van der Waals surface area contributed by atoms with Crippen molar-refractivity contribution in [3.63, 3.8) is 0 Å². The number of benzene rings is 1. The molecule has 3 aromatic rings. The van der Waals surface area contributed by atoms with Crippen molar-refractivity contribution in [2.75, 3.05) is 13.2 Å². The highest BCUT2D eigenvalue weighted by molar-refractivity contribution is 7.17. The number of fused-ring (bicyclic) bond motifs is 1. The molecule has 1 aromatic carbocycles. The molecule has 2 aromatic heterocycles. The van der Waals surface area contributed by atoms with Gasteiger partial charge in [0.05, 0.1) is 24.9 Å². The molecule has 0 aliphatic carbocycles. The van der Waals surface area contributed by atoms with Gasteiger partial charge in [-0.15, -0.1) is 11.3 Å². The quantitative estimate of drug-likeness (QED) is 0.532. The van der Waals surface area contributed by atoms with Crippen LogP contribution in [0.3, 0.4) is 0 Å². The van der Waals surface area contributed by atoms with Gasteiger partial charge in [-0.05, 0) is 30.0 Å². The molecule has 0 N–H and O–H groups in total. The smallest absolute Gasteiger partial charge is 0.326 e. The Hall–Kier alpha value is -2.67. The molecule has 0 amide bonds. The zero-order valence-electron chi connectivity index (χ0n) is 16.3. The lowest BCUT2D eigenvalue weighted by atomic mass is 10.1. The van der Waals surface area contributed by atoms with E-state index >= 15 is 0 Å². The normalized spacial score (nSPS) is 11.1. The molecule has 0 bridgehead atoms. The molecule has 28 heavy (non-hydrogen) atoms. The third kappa shape index (κ3) is 4.59. The highest BCUT2D eigenvalue weighted by atomic mass is 32.1. The number of rotatable bonds is 8. The van der Waals surface area contributed by atoms with Gasteiger partial charge in [0, 0.05) is 10.9 Å². The predicted octanol–water partition coefficient (Wildman–Crippen LogP) is 4.11. The van der Waals surface area contributed by atoms with Crippen molar-refractivity contribution >= 4 is 27.5 Å². The average molecular weight is 401 g/mol. The van der Waals surface area contributed by atoms with E-state index in [4.69, 9.17) is 9.47 Å². The number of carbonyl (C=O) groups excluding carboxylic acids is 1. The fraction of sp³-hybridized carbons (Fsp3) is 0.381. The van der Waals surface area contributed by atoms with Crippen LogP contribution >= 0.6 is 11.3 Å². The van der Waals surface area contributed by atoms with Gasteiger partial charge < -0.3 is 9.47 Å². The Bertz CT molecular complexity index is 1010.